The minimum absolute atomic E-state index is 0.0106. The van der Waals surface area contributed by atoms with Gasteiger partial charge in [0.2, 0.25) is 0 Å². The van der Waals surface area contributed by atoms with Gasteiger partial charge in [0.15, 0.2) is 5.69 Å². The number of ether oxygens (including phenoxy) is 1. The molecule has 0 saturated carbocycles. The van der Waals surface area contributed by atoms with E-state index in [0.29, 0.717) is 13.2 Å². The average Bonchev–Trinajstić information content (AvgIpc) is 2.99. The number of nitrogens with zero attached hydrogens (tertiary/aromatic N) is 3. The molecule has 2 aliphatic heterocycles. The van der Waals surface area contributed by atoms with Crippen LogP contribution in [0.5, 0.6) is 0 Å². The van der Waals surface area contributed by atoms with E-state index in [2.05, 4.69) is 30.1 Å². The molecule has 1 fully saturated rings. The molecule has 158 valence electrons. The van der Waals surface area contributed by atoms with E-state index in [1.165, 1.54) is 0 Å². The van der Waals surface area contributed by atoms with Crippen LogP contribution in [0.15, 0.2) is 0 Å². The van der Waals surface area contributed by atoms with Crippen molar-refractivity contribution in [1.29, 1.82) is 0 Å². The molecule has 1 amide bonds. The van der Waals surface area contributed by atoms with Gasteiger partial charge in [0.25, 0.3) is 5.91 Å². The summed E-state index contributed by atoms with van der Waals surface area (Å²) in [6.07, 6.45) is -2.78. The van der Waals surface area contributed by atoms with Crippen LogP contribution in [0.25, 0.3) is 0 Å². The molecule has 10 heteroatoms. The van der Waals surface area contributed by atoms with E-state index in [0.717, 1.165) is 36.7 Å². The topological polar surface area (TPSA) is 59.4 Å². The van der Waals surface area contributed by atoms with Gasteiger partial charge in [-0.3, -0.25) is 4.79 Å². The summed E-state index contributed by atoms with van der Waals surface area (Å²) in [5.41, 5.74) is -0.892. The first-order valence-corrected chi connectivity index (χ1v) is 13.5. The lowest BCUT2D eigenvalue weighted by atomic mass is 9.98. The molecule has 1 aromatic heterocycles. The van der Waals surface area contributed by atoms with Crippen molar-refractivity contribution in [2.45, 2.75) is 63.9 Å². The fourth-order valence-corrected chi connectivity index (χ4v) is 4.52. The van der Waals surface area contributed by atoms with Crippen LogP contribution in [0.3, 0.4) is 0 Å². The highest BCUT2D eigenvalue weighted by atomic mass is 28.3. The highest BCUT2D eigenvalue weighted by Gasteiger charge is 2.43. The van der Waals surface area contributed by atoms with Gasteiger partial charge >= 0.3 is 6.18 Å². The molecule has 28 heavy (non-hydrogen) atoms. The predicted molar refractivity (Wildman–Crippen MR) is 102 cm³/mol. The predicted octanol–water partition coefficient (Wildman–Crippen LogP) is 2.96. The summed E-state index contributed by atoms with van der Waals surface area (Å²) >= 11 is 0. The number of amides is 1. The largest absolute Gasteiger partial charge is 0.435 e. The monoisotopic (exact) mass is 418 g/mol. The van der Waals surface area contributed by atoms with E-state index in [9.17, 15) is 18.0 Å². The zero-order valence-electron chi connectivity index (χ0n) is 16.7. The molecule has 0 atom stereocenters. The van der Waals surface area contributed by atoms with Crippen molar-refractivity contribution in [3.8, 4) is 0 Å². The first-order chi connectivity index (χ1) is 13.1. The molecule has 1 aromatic rings. The molecular formula is C18H29F3N4O2Si. The van der Waals surface area contributed by atoms with Gasteiger partial charge in [-0.2, -0.15) is 18.3 Å². The zero-order valence-corrected chi connectivity index (χ0v) is 17.7. The highest BCUT2D eigenvalue weighted by molar-refractivity contribution is 6.76. The molecule has 0 unspecified atom stereocenters. The Hall–Kier alpha value is -1.39. The Morgan fingerprint density at radius 3 is 2.54 bits per heavy atom. The molecule has 0 aliphatic carbocycles. The number of piperidine rings is 1. The van der Waals surface area contributed by atoms with Crippen molar-refractivity contribution < 1.29 is 22.7 Å². The van der Waals surface area contributed by atoms with Crippen molar-refractivity contribution in [2.24, 2.45) is 0 Å². The number of hydrogen-bond acceptors (Lipinski definition) is 4. The summed E-state index contributed by atoms with van der Waals surface area (Å²) in [6.45, 7) is 8.87. The first kappa shape index (κ1) is 21.3. The van der Waals surface area contributed by atoms with Gasteiger partial charge in [-0.15, -0.1) is 0 Å². The fraction of sp³-hybridized carbons (Fsp3) is 0.778. The van der Waals surface area contributed by atoms with Crippen molar-refractivity contribution in [3.63, 3.8) is 0 Å². The first-order valence-electron chi connectivity index (χ1n) is 9.84. The van der Waals surface area contributed by atoms with Gasteiger partial charge < -0.3 is 15.0 Å². The highest BCUT2D eigenvalue weighted by Crippen LogP contribution is 2.35. The van der Waals surface area contributed by atoms with Crippen LogP contribution in [-0.4, -0.2) is 60.9 Å². The van der Waals surface area contributed by atoms with Gasteiger partial charge in [0, 0.05) is 32.8 Å². The van der Waals surface area contributed by atoms with Crippen molar-refractivity contribution in [2.75, 3.05) is 26.2 Å². The molecule has 0 aromatic carbocycles. The van der Waals surface area contributed by atoms with Crippen molar-refractivity contribution >= 4 is 14.0 Å². The molecular weight excluding hydrogens is 389 g/mol. The van der Waals surface area contributed by atoms with Crippen molar-refractivity contribution in [3.05, 3.63) is 17.0 Å². The fourth-order valence-electron chi connectivity index (χ4n) is 3.76. The summed E-state index contributed by atoms with van der Waals surface area (Å²) in [5.74, 6) is -0.357. The van der Waals surface area contributed by atoms with E-state index in [4.69, 9.17) is 4.74 Å². The third-order valence-corrected chi connectivity index (χ3v) is 7.05. The molecule has 0 radical (unpaired) electrons. The number of alkyl halides is 3. The summed E-state index contributed by atoms with van der Waals surface area (Å²) in [4.78, 5) is 14.8. The maximum absolute atomic E-state index is 13.5. The molecule has 1 N–H and O–H groups in total. The van der Waals surface area contributed by atoms with Gasteiger partial charge in [-0.1, -0.05) is 19.6 Å². The van der Waals surface area contributed by atoms with Gasteiger partial charge in [0.05, 0.1) is 0 Å². The van der Waals surface area contributed by atoms with Crippen LogP contribution in [0.4, 0.5) is 13.2 Å². The van der Waals surface area contributed by atoms with Gasteiger partial charge in [0.1, 0.15) is 12.4 Å². The third kappa shape index (κ3) is 4.77. The number of rotatable bonds is 6. The van der Waals surface area contributed by atoms with Crippen LogP contribution >= 0.6 is 0 Å². The Balaban J connectivity index is 1.82. The number of hydrogen-bond donors (Lipinski definition) is 1. The zero-order chi connectivity index (χ0) is 20.5. The van der Waals surface area contributed by atoms with E-state index in [-0.39, 0.29) is 36.4 Å². The number of halogens is 3. The lowest BCUT2D eigenvalue weighted by Crippen LogP contribution is -2.49. The minimum Gasteiger partial charge on any atom is -0.360 e. The van der Waals surface area contributed by atoms with Gasteiger partial charge in [-0.05, 0) is 38.4 Å². The second kappa shape index (κ2) is 8.15. The number of nitrogens with one attached hydrogen (secondary N) is 1. The Bertz CT molecular complexity index is 709. The second-order valence-electron chi connectivity index (χ2n) is 8.75. The summed E-state index contributed by atoms with van der Waals surface area (Å²) in [7, 11) is -1.31. The number of aromatic nitrogens is 2. The molecule has 3 rings (SSSR count). The van der Waals surface area contributed by atoms with E-state index in [1.54, 1.807) is 4.90 Å². The quantitative estimate of drug-likeness (QED) is 0.570. The lowest BCUT2D eigenvalue weighted by Gasteiger charge is -2.37. The Kier molecular flexibility index (Phi) is 6.21. The Morgan fingerprint density at radius 2 is 1.93 bits per heavy atom. The minimum atomic E-state index is -4.58. The average molecular weight is 419 g/mol. The molecule has 3 heterocycles. The molecule has 1 saturated heterocycles. The summed E-state index contributed by atoms with van der Waals surface area (Å²) in [6, 6.07) is 0.963. The molecule has 0 bridgehead atoms. The standard InChI is InChI=1S/C18H29F3N4O2Si/c1-28(2,3)11-10-27-12-25-15-14(16(23-25)18(19,20)21)6-9-24(17(15)26)13-4-7-22-8-5-13/h13,22H,4-12H2,1-3H3. The van der Waals surface area contributed by atoms with Crippen LogP contribution in [-0.2, 0) is 24.1 Å². The van der Waals surface area contributed by atoms with E-state index in [1.807, 2.05) is 0 Å². The number of carbonyl (C=O) groups is 1. The summed E-state index contributed by atoms with van der Waals surface area (Å²) < 4.78 is 47.1. The number of fused-ring (bicyclic) bond motifs is 1. The maximum Gasteiger partial charge on any atom is 0.435 e. The SMILES string of the molecule is C[Si](C)(C)CCOCn1nc(C(F)(F)F)c2c1C(=O)N(C1CCNCC1)CC2. The molecule has 0 spiro atoms. The normalized spacial score (nSPS) is 19.2. The van der Waals surface area contributed by atoms with Gasteiger partial charge in [-0.25, -0.2) is 4.68 Å². The summed E-state index contributed by atoms with van der Waals surface area (Å²) in [5, 5.41) is 6.99. The van der Waals surface area contributed by atoms with E-state index >= 15 is 0 Å². The lowest BCUT2D eigenvalue weighted by molar-refractivity contribution is -0.142. The van der Waals surface area contributed by atoms with Crippen molar-refractivity contribution in [1.82, 2.24) is 20.0 Å². The maximum atomic E-state index is 13.5. The second-order valence-corrected chi connectivity index (χ2v) is 14.4. The Labute approximate surface area is 164 Å². The smallest absolute Gasteiger partial charge is 0.360 e. The van der Waals surface area contributed by atoms with Crippen LogP contribution in [0.1, 0.15) is 34.6 Å². The van der Waals surface area contributed by atoms with Crippen LogP contribution in [0, 0.1) is 0 Å². The number of carbonyl (C=O) groups excluding carboxylic acids is 1. The molecule has 6 nitrogen and oxygen atoms in total. The van der Waals surface area contributed by atoms with E-state index < -0.39 is 19.9 Å². The van der Waals surface area contributed by atoms with Crippen LogP contribution in [0.2, 0.25) is 25.7 Å². The van der Waals surface area contributed by atoms with Crippen LogP contribution < -0.4 is 5.32 Å². The molecule has 2 aliphatic rings. The Morgan fingerprint density at radius 1 is 1.25 bits per heavy atom. The third-order valence-electron chi connectivity index (χ3n) is 5.34.